The maximum Gasteiger partial charge on any atom is 0.226 e. The lowest BCUT2D eigenvalue weighted by molar-refractivity contribution is -0.125. The van der Waals surface area contributed by atoms with Crippen LogP contribution in [0.25, 0.3) is 0 Å². The Morgan fingerprint density at radius 2 is 2.12 bits per heavy atom. The van der Waals surface area contributed by atoms with E-state index in [0.29, 0.717) is 12.8 Å². The number of carbonyl (C=O) groups is 1. The fraction of sp³-hybridized carbons (Fsp3) is 0.800. The highest BCUT2D eigenvalue weighted by atomic mass is 16.3. The van der Waals surface area contributed by atoms with Gasteiger partial charge in [0.2, 0.25) is 5.91 Å². The molecule has 8 heavy (non-hydrogen) atoms. The first-order chi connectivity index (χ1) is 3.71. The van der Waals surface area contributed by atoms with Crippen LogP contribution in [0.4, 0.5) is 0 Å². The van der Waals surface area contributed by atoms with Gasteiger partial charge in [-0.2, -0.15) is 0 Å². The van der Waals surface area contributed by atoms with E-state index in [1.54, 1.807) is 0 Å². The van der Waals surface area contributed by atoms with E-state index in [1.807, 2.05) is 0 Å². The van der Waals surface area contributed by atoms with Gasteiger partial charge in [-0.1, -0.05) is 0 Å². The standard InChI is InChI=1S/C5H8NO2/c6-4(8)5(3-7)1-2-5/h1-3H2,(H2,6,8). The lowest BCUT2D eigenvalue weighted by atomic mass is 10.1. The van der Waals surface area contributed by atoms with Crippen molar-refractivity contribution in [1.29, 1.82) is 0 Å². The summed E-state index contributed by atoms with van der Waals surface area (Å²) in [6.45, 7) is -0.331. The van der Waals surface area contributed by atoms with E-state index < -0.39 is 11.3 Å². The third kappa shape index (κ3) is 0.591. The van der Waals surface area contributed by atoms with Crippen LogP contribution >= 0.6 is 0 Å². The van der Waals surface area contributed by atoms with Gasteiger partial charge < -0.3 is 5.73 Å². The van der Waals surface area contributed by atoms with Crippen molar-refractivity contribution in [2.75, 3.05) is 6.61 Å². The fourth-order valence-electron chi connectivity index (χ4n) is 0.613. The topological polar surface area (TPSA) is 63.0 Å². The van der Waals surface area contributed by atoms with Gasteiger partial charge in [0, 0.05) is 0 Å². The van der Waals surface area contributed by atoms with E-state index >= 15 is 0 Å². The molecule has 2 N–H and O–H groups in total. The van der Waals surface area contributed by atoms with Crippen LogP contribution < -0.4 is 5.73 Å². The molecule has 3 nitrogen and oxygen atoms in total. The Morgan fingerprint density at radius 3 is 2.12 bits per heavy atom. The molecule has 1 amide bonds. The first-order valence-electron chi connectivity index (χ1n) is 2.59. The summed E-state index contributed by atoms with van der Waals surface area (Å²) in [7, 11) is 0. The SMILES string of the molecule is NC(=O)C1(C[O])CC1. The van der Waals surface area contributed by atoms with E-state index in [2.05, 4.69) is 0 Å². The Bertz CT molecular complexity index is 118. The summed E-state index contributed by atoms with van der Waals surface area (Å²) in [5.74, 6) is -0.424. The third-order valence-corrected chi connectivity index (χ3v) is 1.65. The summed E-state index contributed by atoms with van der Waals surface area (Å²) >= 11 is 0. The summed E-state index contributed by atoms with van der Waals surface area (Å²) < 4.78 is 0. The first-order valence-corrected chi connectivity index (χ1v) is 2.59. The van der Waals surface area contributed by atoms with Crippen molar-refractivity contribution in [2.24, 2.45) is 11.1 Å². The minimum atomic E-state index is -0.625. The van der Waals surface area contributed by atoms with Crippen molar-refractivity contribution in [3.05, 3.63) is 0 Å². The predicted molar refractivity (Wildman–Crippen MR) is 26.4 cm³/mol. The summed E-state index contributed by atoms with van der Waals surface area (Å²) in [4.78, 5) is 10.3. The molecule has 0 aromatic heterocycles. The minimum absolute atomic E-state index is 0.331. The van der Waals surface area contributed by atoms with Crippen LogP contribution in [0.3, 0.4) is 0 Å². The van der Waals surface area contributed by atoms with Crippen LogP contribution in [0.1, 0.15) is 12.8 Å². The molecule has 0 heterocycles. The van der Waals surface area contributed by atoms with Crippen molar-refractivity contribution in [2.45, 2.75) is 12.8 Å². The molecule has 1 saturated carbocycles. The molecule has 45 valence electrons. The molecule has 1 aliphatic carbocycles. The molecule has 1 aliphatic rings. The van der Waals surface area contributed by atoms with Crippen LogP contribution in [0.2, 0.25) is 0 Å². The lowest BCUT2D eigenvalue weighted by Crippen LogP contribution is -2.27. The molecule has 0 atom stereocenters. The summed E-state index contributed by atoms with van der Waals surface area (Å²) in [6.07, 6.45) is 1.40. The number of hydrogen-bond donors (Lipinski definition) is 1. The van der Waals surface area contributed by atoms with Crippen molar-refractivity contribution in [3.63, 3.8) is 0 Å². The van der Waals surface area contributed by atoms with Gasteiger partial charge >= 0.3 is 0 Å². The Kier molecular flexibility index (Phi) is 1.01. The van der Waals surface area contributed by atoms with Crippen LogP contribution in [-0.2, 0) is 9.90 Å². The van der Waals surface area contributed by atoms with Crippen molar-refractivity contribution in [1.82, 2.24) is 0 Å². The van der Waals surface area contributed by atoms with Crippen LogP contribution in [-0.4, -0.2) is 12.5 Å². The van der Waals surface area contributed by atoms with Gasteiger partial charge in [0.15, 0.2) is 0 Å². The maximum atomic E-state index is 10.3. The zero-order valence-electron chi connectivity index (χ0n) is 4.52. The van der Waals surface area contributed by atoms with Gasteiger partial charge in [0.05, 0.1) is 12.0 Å². The van der Waals surface area contributed by atoms with Gasteiger partial charge in [-0.3, -0.25) is 4.79 Å². The first kappa shape index (κ1) is 5.56. The highest BCUT2D eigenvalue weighted by Gasteiger charge is 2.48. The molecule has 0 aromatic rings. The van der Waals surface area contributed by atoms with Gasteiger partial charge in [-0.25, -0.2) is 5.11 Å². The van der Waals surface area contributed by atoms with Gasteiger partial charge in [0.1, 0.15) is 0 Å². The Hall–Kier alpha value is -0.570. The summed E-state index contributed by atoms with van der Waals surface area (Å²) in [5, 5.41) is 10.2. The molecular weight excluding hydrogens is 106 g/mol. The number of hydrogen-bond acceptors (Lipinski definition) is 1. The minimum Gasteiger partial charge on any atom is -0.369 e. The average molecular weight is 114 g/mol. The molecule has 1 fully saturated rings. The number of rotatable bonds is 2. The highest BCUT2D eigenvalue weighted by molar-refractivity contribution is 5.83. The quantitative estimate of drug-likeness (QED) is 0.525. The van der Waals surface area contributed by atoms with E-state index in [4.69, 9.17) is 5.73 Å². The summed E-state index contributed by atoms with van der Waals surface area (Å²) in [6, 6.07) is 0. The zero-order chi connectivity index (χ0) is 6.20. The molecule has 0 aromatic carbocycles. The maximum absolute atomic E-state index is 10.3. The van der Waals surface area contributed by atoms with Crippen LogP contribution in [0.5, 0.6) is 0 Å². The lowest BCUT2D eigenvalue weighted by Gasteiger charge is -2.00. The van der Waals surface area contributed by atoms with Gasteiger partial charge in [-0.15, -0.1) is 0 Å². The molecular formula is C5H8NO2. The molecule has 0 bridgehead atoms. The normalized spacial score (nSPS) is 22.6. The monoisotopic (exact) mass is 114 g/mol. The van der Waals surface area contributed by atoms with E-state index in [0.717, 1.165) is 0 Å². The molecule has 0 spiro atoms. The van der Waals surface area contributed by atoms with E-state index in [-0.39, 0.29) is 6.61 Å². The molecule has 1 radical (unpaired) electrons. The number of amides is 1. The van der Waals surface area contributed by atoms with Crippen LogP contribution in [0.15, 0.2) is 0 Å². The number of primary amides is 1. The smallest absolute Gasteiger partial charge is 0.226 e. The molecule has 3 heteroatoms. The number of nitrogens with two attached hydrogens (primary N) is 1. The molecule has 0 aliphatic heterocycles. The Morgan fingerprint density at radius 1 is 1.62 bits per heavy atom. The van der Waals surface area contributed by atoms with Crippen molar-refractivity contribution < 1.29 is 9.90 Å². The van der Waals surface area contributed by atoms with Gasteiger partial charge in [-0.05, 0) is 12.8 Å². The van der Waals surface area contributed by atoms with E-state index in [1.165, 1.54) is 0 Å². The van der Waals surface area contributed by atoms with E-state index in [9.17, 15) is 9.90 Å². The largest absolute Gasteiger partial charge is 0.369 e. The van der Waals surface area contributed by atoms with Crippen molar-refractivity contribution >= 4 is 5.91 Å². The third-order valence-electron chi connectivity index (χ3n) is 1.65. The zero-order valence-corrected chi connectivity index (χ0v) is 4.52. The second-order valence-corrected chi connectivity index (χ2v) is 2.29. The second-order valence-electron chi connectivity index (χ2n) is 2.29. The fourth-order valence-corrected chi connectivity index (χ4v) is 0.613. The highest BCUT2D eigenvalue weighted by Crippen LogP contribution is 2.44. The van der Waals surface area contributed by atoms with Crippen molar-refractivity contribution in [3.8, 4) is 0 Å². The van der Waals surface area contributed by atoms with Gasteiger partial charge in [0.25, 0.3) is 0 Å². The average Bonchev–Trinajstić information content (AvgIpc) is 2.44. The Balaban J connectivity index is 2.53. The molecule has 0 unspecified atom stereocenters. The molecule has 0 saturated heterocycles. The Labute approximate surface area is 47.5 Å². The molecule has 1 rings (SSSR count). The summed E-state index contributed by atoms with van der Waals surface area (Å²) in [5.41, 5.74) is 4.28. The van der Waals surface area contributed by atoms with Crippen LogP contribution in [0, 0.1) is 5.41 Å². The second kappa shape index (κ2) is 1.45. The number of carbonyl (C=O) groups excluding carboxylic acids is 1. The predicted octanol–water partition coefficient (Wildman–Crippen LogP) is -0.318.